The zero-order valence-electron chi connectivity index (χ0n) is 19.5. The highest BCUT2D eigenvalue weighted by molar-refractivity contribution is 7.92. The summed E-state index contributed by atoms with van der Waals surface area (Å²) in [5.74, 6) is -0.333. The van der Waals surface area contributed by atoms with Crippen LogP contribution in [0, 0.1) is 0 Å². The van der Waals surface area contributed by atoms with E-state index in [9.17, 15) is 18.0 Å². The van der Waals surface area contributed by atoms with Crippen molar-refractivity contribution in [2.45, 2.75) is 19.5 Å². The number of methoxy groups -OCH3 is 2. The van der Waals surface area contributed by atoms with Gasteiger partial charge in [0.15, 0.2) is 11.5 Å². The summed E-state index contributed by atoms with van der Waals surface area (Å²) < 4.78 is 36.6. The molecule has 0 aliphatic rings. The molecule has 0 aliphatic carbocycles. The van der Waals surface area contributed by atoms with Crippen molar-refractivity contribution in [2.75, 3.05) is 38.4 Å². The van der Waals surface area contributed by atoms with Crippen LogP contribution in [0.25, 0.3) is 0 Å². The Balaban J connectivity index is 2.46. The maximum atomic E-state index is 13.4. The van der Waals surface area contributed by atoms with E-state index in [2.05, 4.69) is 5.32 Å². The van der Waals surface area contributed by atoms with Crippen LogP contribution in [0.1, 0.15) is 12.5 Å². The summed E-state index contributed by atoms with van der Waals surface area (Å²) in [4.78, 5) is 27.0. The first-order valence-corrected chi connectivity index (χ1v) is 12.7. The third-order valence-electron chi connectivity index (χ3n) is 5.10. The molecular formula is C22H27Cl2N3O6S. The van der Waals surface area contributed by atoms with E-state index in [0.29, 0.717) is 27.1 Å². The molecule has 0 aliphatic heterocycles. The number of likely N-dealkylation sites (N-methyl/N-ethyl adjacent to an activating group) is 1. The summed E-state index contributed by atoms with van der Waals surface area (Å²) in [6.45, 7) is 0.954. The molecule has 2 amide bonds. The largest absolute Gasteiger partial charge is 0.493 e. The standard InChI is InChI=1S/C22H27Cl2N3O6S/c1-14(22(29)25-2)26(12-15-6-7-16(23)10-18(15)24)21(28)13-27(34(5,30)31)17-8-9-19(32-3)20(11-17)33-4/h6-11,14H,12-13H2,1-5H3,(H,25,29)/t14-/m0/s1. The van der Waals surface area contributed by atoms with Crippen molar-refractivity contribution in [3.63, 3.8) is 0 Å². The second-order valence-corrected chi connectivity index (χ2v) is 10.1. The van der Waals surface area contributed by atoms with Gasteiger partial charge in [-0.3, -0.25) is 13.9 Å². The fourth-order valence-electron chi connectivity index (χ4n) is 3.22. The van der Waals surface area contributed by atoms with Crippen molar-refractivity contribution in [1.82, 2.24) is 10.2 Å². The number of benzene rings is 2. The lowest BCUT2D eigenvalue weighted by Crippen LogP contribution is -2.50. The Morgan fingerprint density at radius 2 is 1.71 bits per heavy atom. The third kappa shape index (κ3) is 6.68. The fraction of sp³-hybridized carbons (Fsp3) is 0.364. The van der Waals surface area contributed by atoms with Crippen molar-refractivity contribution in [2.24, 2.45) is 0 Å². The van der Waals surface area contributed by atoms with Gasteiger partial charge in [0.1, 0.15) is 12.6 Å². The Bertz CT molecular complexity index is 1160. The van der Waals surface area contributed by atoms with Gasteiger partial charge in [-0.15, -0.1) is 0 Å². The summed E-state index contributed by atoms with van der Waals surface area (Å²) in [6.07, 6.45) is 0.986. The van der Waals surface area contributed by atoms with Gasteiger partial charge in [-0.05, 0) is 36.8 Å². The quantitative estimate of drug-likeness (QED) is 0.505. The first-order valence-electron chi connectivity index (χ1n) is 10.1. The summed E-state index contributed by atoms with van der Waals surface area (Å²) in [5, 5.41) is 3.24. The summed E-state index contributed by atoms with van der Waals surface area (Å²) in [7, 11) is 0.434. The van der Waals surface area contributed by atoms with Crippen molar-refractivity contribution in [3.05, 3.63) is 52.0 Å². The maximum absolute atomic E-state index is 13.4. The predicted molar refractivity (Wildman–Crippen MR) is 132 cm³/mol. The summed E-state index contributed by atoms with van der Waals surface area (Å²) in [5.41, 5.74) is 0.748. The average molecular weight is 532 g/mol. The van der Waals surface area contributed by atoms with E-state index in [4.69, 9.17) is 32.7 Å². The molecule has 0 aromatic heterocycles. The van der Waals surface area contributed by atoms with Gasteiger partial charge < -0.3 is 19.7 Å². The van der Waals surface area contributed by atoms with Crippen LogP contribution in [-0.4, -0.2) is 65.2 Å². The zero-order valence-corrected chi connectivity index (χ0v) is 21.8. The number of ether oxygens (including phenoxy) is 2. The monoisotopic (exact) mass is 531 g/mol. The number of hydrogen-bond donors (Lipinski definition) is 1. The maximum Gasteiger partial charge on any atom is 0.244 e. The highest BCUT2D eigenvalue weighted by Gasteiger charge is 2.30. The number of nitrogens with one attached hydrogen (secondary N) is 1. The smallest absolute Gasteiger partial charge is 0.244 e. The normalized spacial score (nSPS) is 12.0. The molecule has 186 valence electrons. The first kappa shape index (κ1) is 27.6. The van der Waals surface area contributed by atoms with E-state index in [-0.39, 0.29) is 12.2 Å². The van der Waals surface area contributed by atoms with E-state index in [0.717, 1.165) is 10.6 Å². The number of nitrogens with zero attached hydrogens (tertiary/aromatic N) is 2. The molecule has 1 atom stereocenters. The average Bonchev–Trinajstić information content (AvgIpc) is 2.79. The second kappa shape index (κ2) is 11.6. The Morgan fingerprint density at radius 3 is 2.24 bits per heavy atom. The molecule has 2 aromatic rings. The minimum atomic E-state index is -3.88. The lowest BCUT2D eigenvalue weighted by Gasteiger charge is -2.31. The Labute approximate surface area is 209 Å². The van der Waals surface area contributed by atoms with Crippen LogP contribution in [-0.2, 0) is 26.2 Å². The molecule has 0 spiro atoms. The van der Waals surface area contributed by atoms with Crippen LogP contribution in [0.5, 0.6) is 11.5 Å². The number of amides is 2. The van der Waals surface area contributed by atoms with Gasteiger partial charge >= 0.3 is 0 Å². The van der Waals surface area contributed by atoms with E-state index < -0.39 is 34.4 Å². The fourth-order valence-corrected chi connectivity index (χ4v) is 4.53. The van der Waals surface area contributed by atoms with Gasteiger partial charge in [-0.2, -0.15) is 0 Å². The molecule has 12 heteroatoms. The predicted octanol–water partition coefficient (Wildman–Crippen LogP) is 2.94. The molecule has 1 N–H and O–H groups in total. The van der Waals surface area contributed by atoms with Crippen molar-refractivity contribution >= 4 is 50.7 Å². The number of sulfonamides is 1. The second-order valence-electron chi connectivity index (χ2n) is 7.36. The summed E-state index contributed by atoms with van der Waals surface area (Å²) >= 11 is 12.2. The van der Waals surface area contributed by atoms with Crippen LogP contribution in [0.3, 0.4) is 0 Å². The van der Waals surface area contributed by atoms with Gasteiger partial charge in [0.05, 0.1) is 26.2 Å². The molecule has 0 saturated carbocycles. The van der Waals surface area contributed by atoms with Gasteiger partial charge in [0.2, 0.25) is 21.8 Å². The number of hydrogen-bond acceptors (Lipinski definition) is 6. The van der Waals surface area contributed by atoms with Crippen molar-refractivity contribution < 1.29 is 27.5 Å². The lowest BCUT2D eigenvalue weighted by molar-refractivity contribution is -0.139. The molecule has 0 fully saturated rings. The molecule has 0 saturated heterocycles. The topological polar surface area (TPSA) is 105 Å². The summed E-state index contributed by atoms with van der Waals surface area (Å²) in [6, 6.07) is 8.37. The molecule has 2 rings (SSSR count). The van der Waals surface area contributed by atoms with Crippen LogP contribution in [0.15, 0.2) is 36.4 Å². The Kier molecular flexibility index (Phi) is 9.43. The van der Waals surface area contributed by atoms with Crippen LogP contribution in [0.4, 0.5) is 5.69 Å². The Morgan fingerprint density at radius 1 is 1.06 bits per heavy atom. The minimum absolute atomic E-state index is 0.0348. The van der Waals surface area contributed by atoms with Crippen molar-refractivity contribution in [1.29, 1.82) is 0 Å². The van der Waals surface area contributed by atoms with E-state index in [1.165, 1.54) is 50.4 Å². The molecule has 9 nitrogen and oxygen atoms in total. The van der Waals surface area contributed by atoms with E-state index in [1.54, 1.807) is 19.1 Å². The van der Waals surface area contributed by atoms with Crippen LogP contribution < -0.4 is 19.1 Å². The zero-order chi connectivity index (χ0) is 25.6. The lowest BCUT2D eigenvalue weighted by atomic mass is 10.1. The third-order valence-corrected chi connectivity index (χ3v) is 6.83. The molecular weight excluding hydrogens is 505 g/mol. The molecule has 0 heterocycles. The molecule has 34 heavy (non-hydrogen) atoms. The van der Waals surface area contributed by atoms with Crippen LogP contribution >= 0.6 is 23.2 Å². The highest BCUT2D eigenvalue weighted by Crippen LogP contribution is 2.32. The number of rotatable bonds is 10. The van der Waals surface area contributed by atoms with Gasteiger partial charge in [-0.25, -0.2) is 8.42 Å². The van der Waals surface area contributed by atoms with Gasteiger partial charge in [0, 0.05) is 29.7 Å². The van der Waals surface area contributed by atoms with E-state index >= 15 is 0 Å². The molecule has 2 aromatic carbocycles. The van der Waals surface area contributed by atoms with Crippen LogP contribution in [0.2, 0.25) is 10.0 Å². The SMILES string of the molecule is CNC(=O)[C@H](C)N(Cc1ccc(Cl)cc1Cl)C(=O)CN(c1ccc(OC)c(OC)c1)S(C)(=O)=O. The first-order chi connectivity index (χ1) is 15.9. The number of anilines is 1. The number of halogens is 2. The molecule has 0 radical (unpaired) electrons. The van der Waals surface area contributed by atoms with Gasteiger partial charge in [-0.1, -0.05) is 29.3 Å². The van der Waals surface area contributed by atoms with Crippen molar-refractivity contribution in [3.8, 4) is 11.5 Å². The number of carbonyl (C=O) groups excluding carboxylic acids is 2. The van der Waals surface area contributed by atoms with Gasteiger partial charge in [0.25, 0.3) is 0 Å². The number of carbonyl (C=O) groups is 2. The molecule has 0 unspecified atom stereocenters. The van der Waals surface area contributed by atoms with E-state index in [1.807, 2.05) is 0 Å². The molecule has 0 bridgehead atoms. The Hall–Kier alpha value is -2.69. The highest BCUT2D eigenvalue weighted by atomic mass is 35.5. The minimum Gasteiger partial charge on any atom is -0.493 e.